The summed E-state index contributed by atoms with van der Waals surface area (Å²) < 4.78 is 47.1. The van der Waals surface area contributed by atoms with Gasteiger partial charge in [0.05, 0.1) is 15.5 Å². The normalized spacial score (nSPS) is 11.3. The standard InChI is InChI=1S/C24H19ClFN3O4S/c1-14-6-12-18(13-7-14)34(31,32)29-17-10-8-16(9-11-17)27-24(30)21-15(2)33-28-23(21)22-19(25)4-3-5-20(22)26/h3-13,29H,1-2H3,(H,27,30). The molecule has 1 aromatic heterocycles. The second-order valence-corrected chi connectivity index (χ2v) is 9.60. The Kier molecular flexibility index (Phi) is 6.41. The van der Waals surface area contributed by atoms with Crippen LogP contribution in [0.2, 0.25) is 5.02 Å². The molecule has 1 heterocycles. The van der Waals surface area contributed by atoms with E-state index in [9.17, 15) is 17.6 Å². The van der Waals surface area contributed by atoms with Gasteiger partial charge in [-0.05, 0) is 62.4 Å². The molecule has 174 valence electrons. The van der Waals surface area contributed by atoms with Crippen LogP contribution in [0.25, 0.3) is 11.3 Å². The Morgan fingerprint density at radius 3 is 2.26 bits per heavy atom. The molecule has 7 nitrogen and oxygen atoms in total. The fourth-order valence-electron chi connectivity index (χ4n) is 3.28. The van der Waals surface area contributed by atoms with Crippen molar-refractivity contribution >= 4 is 38.9 Å². The number of carbonyl (C=O) groups is 1. The molecular formula is C24H19ClFN3O4S. The van der Waals surface area contributed by atoms with Gasteiger partial charge in [0.1, 0.15) is 22.8 Å². The van der Waals surface area contributed by atoms with Crippen LogP contribution >= 0.6 is 11.6 Å². The lowest BCUT2D eigenvalue weighted by Crippen LogP contribution is -2.14. The molecule has 3 aromatic carbocycles. The van der Waals surface area contributed by atoms with Gasteiger partial charge in [0.15, 0.2) is 0 Å². The number of nitrogens with one attached hydrogen (secondary N) is 2. The molecule has 0 atom stereocenters. The van der Waals surface area contributed by atoms with Gasteiger partial charge in [-0.25, -0.2) is 12.8 Å². The Morgan fingerprint density at radius 2 is 1.62 bits per heavy atom. The number of carbonyl (C=O) groups excluding carboxylic acids is 1. The molecule has 0 aliphatic heterocycles. The first kappa shape index (κ1) is 23.5. The molecule has 34 heavy (non-hydrogen) atoms. The van der Waals surface area contributed by atoms with E-state index in [1.165, 1.54) is 61.5 Å². The number of nitrogens with zero attached hydrogens (tertiary/aromatic N) is 1. The molecule has 4 aromatic rings. The van der Waals surface area contributed by atoms with E-state index in [0.29, 0.717) is 11.4 Å². The van der Waals surface area contributed by atoms with Crippen molar-refractivity contribution in [3.05, 3.63) is 94.5 Å². The summed E-state index contributed by atoms with van der Waals surface area (Å²) in [7, 11) is -3.76. The molecule has 0 aliphatic carbocycles. The molecule has 1 amide bonds. The summed E-state index contributed by atoms with van der Waals surface area (Å²) in [6.07, 6.45) is 0. The van der Waals surface area contributed by atoms with Crippen molar-refractivity contribution in [3.63, 3.8) is 0 Å². The van der Waals surface area contributed by atoms with Crippen LogP contribution in [0.15, 0.2) is 76.1 Å². The molecule has 0 aliphatic rings. The first-order valence-corrected chi connectivity index (χ1v) is 11.9. The maximum atomic E-state index is 14.4. The zero-order valence-corrected chi connectivity index (χ0v) is 19.7. The van der Waals surface area contributed by atoms with Gasteiger partial charge in [0.2, 0.25) is 0 Å². The lowest BCUT2D eigenvalue weighted by Gasteiger charge is -2.10. The van der Waals surface area contributed by atoms with Crippen LogP contribution in [0.5, 0.6) is 0 Å². The smallest absolute Gasteiger partial charge is 0.261 e. The number of anilines is 2. The number of amides is 1. The van der Waals surface area contributed by atoms with Crippen LogP contribution in [0.3, 0.4) is 0 Å². The first-order chi connectivity index (χ1) is 16.2. The zero-order valence-electron chi connectivity index (χ0n) is 18.1. The monoisotopic (exact) mass is 499 g/mol. The first-order valence-electron chi connectivity index (χ1n) is 10.1. The van der Waals surface area contributed by atoms with E-state index in [1.54, 1.807) is 12.1 Å². The van der Waals surface area contributed by atoms with Gasteiger partial charge in [-0.3, -0.25) is 9.52 Å². The van der Waals surface area contributed by atoms with E-state index in [4.69, 9.17) is 16.1 Å². The molecule has 2 N–H and O–H groups in total. The van der Waals surface area contributed by atoms with Crippen molar-refractivity contribution in [1.29, 1.82) is 0 Å². The van der Waals surface area contributed by atoms with Crippen molar-refractivity contribution in [1.82, 2.24) is 5.16 Å². The van der Waals surface area contributed by atoms with E-state index in [0.717, 1.165) is 5.56 Å². The summed E-state index contributed by atoms with van der Waals surface area (Å²) in [5.74, 6) is -1.03. The Bertz CT molecular complexity index is 1450. The fraction of sp³-hybridized carbons (Fsp3) is 0.0833. The highest BCUT2D eigenvalue weighted by molar-refractivity contribution is 7.92. The third-order valence-corrected chi connectivity index (χ3v) is 6.73. The van der Waals surface area contributed by atoms with E-state index >= 15 is 0 Å². The van der Waals surface area contributed by atoms with Crippen LogP contribution in [0.4, 0.5) is 15.8 Å². The van der Waals surface area contributed by atoms with Gasteiger partial charge in [0, 0.05) is 11.4 Å². The zero-order chi connectivity index (χ0) is 24.5. The Balaban J connectivity index is 1.53. The summed E-state index contributed by atoms with van der Waals surface area (Å²) in [5.41, 5.74) is 1.64. The van der Waals surface area contributed by atoms with Gasteiger partial charge in [-0.2, -0.15) is 0 Å². The van der Waals surface area contributed by atoms with Crippen LogP contribution in [0.1, 0.15) is 21.7 Å². The second kappa shape index (κ2) is 9.28. The highest BCUT2D eigenvalue weighted by atomic mass is 35.5. The molecule has 0 spiro atoms. The maximum Gasteiger partial charge on any atom is 0.261 e. The van der Waals surface area contributed by atoms with E-state index in [2.05, 4.69) is 15.2 Å². The van der Waals surface area contributed by atoms with Gasteiger partial charge in [-0.1, -0.05) is 40.5 Å². The summed E-state index contributed by atoms with van der Waals surface area (Å²) in [6, 6.07) is 16.7. The van der Waals surface area contributed by atoms with Crippen molar-refractivity contribution in [2.45, 2.75) is 18.7 Å². The third-order valence-electron chi connectivity index (χ3n) is 5.02. The molecule has 0 bridgehead atoms. The van der Waals surface area contributed by atoms with Gasteiger partial charge in [-0.15, -0.1) is 0 Å². The van der Waals surface area contributed by atoms with Crippen molar-refractivity contribution in [3.8, 4) is 11.3 Å². The minimum absolute atomic E-state index is 0.0134. The minimum Gasteiger partial charge on any atom is -0.360 e. The van der Waals surface area contributed by atoms with Crippen LogP contribution in [-0.2, 0) is 10.0 Å². The van der Waals surface area contributed by atoms with Gasteiger partial charge in [0.25, 0.3) is 15.9 Å². The van der Waals surface area contributed by atoms with E-state index in [-0.39, 0.29) is 32.5 Å². The summed E-state index contributed by atoms with van der Waals surface area (Å²) in [6.45, 7) is 3.40. The van der Waals surface area contributed by atoms with E-state index in [1.807, 2.05) is 6.92 Å². The van der Waals surface area contributed by atoms with Crippen LogP contribution in [0, 0.1) is 19.7 Å². The quantitative estimate of drug-likeness (QED) is 0.349. The van der Waals surface area contributed by atoms with Crippen molar-refractivity contribution in [2.24, 2.45) is 0 Å². The Hall–Kier alpha value is -3.69. The van der Waals surface area contributed by atoms with Crippen molar-refractivity contribution < 1.29 is 22.1 Å². The summed E-state index contributed by atoms with van der Waals surface area (Å²) in [5, 5.41) is 6.59. The number of benzene rings is 3. The molecular weight excluding hydrogens is 481 g/mol. The summed E-state index contributed by atoms with van der Waals surface area (Å²) in [4.78, 5) is 13.1. The Morgan fingerprint density at radius 1 is 0.971 bits per heavy atom. The van der Waals surface area contributed by atoms with Gasteiger partial charge < -0.3 is 9.84 Å². The largest absolute Gasteiger partial charge is 0.360 e. The lowest BCUT2D eigenvalue weighted by molar-refractivity contribution is 0.102. The predicted octanol–water partition coefficient (Wildman–Crippen LogP) is 5.80. The topological polar surface area (TPSA) is 101 Å². The van der Waals surface area contributed by atoms with Crippen molar-refractivity contribution in [2.75, 3.05) is 10.0 Å². The SMILES string of the molecule is Cc1ccc(S(=O)(=O)Nc2ccc(NC(=O)c3c(-c4c(F)cccc4Cl)noc3C)cc2)cc1. The molecule has 0 saturated heterocycles. The second-order valence-electron chi connectivity index (χ2n) is 7.51. The molecule has 0 saturated carbocycles. The molecule has 4 rings (SSSR count). The number of hydrogen-bond acceptors (Lipinski definition) is 5. The number of sulfonamides is 1. The number of halogens is 2. The van der Waals surface area contributed by atoms with Crippen LogP contribution in [-0.4, -0.2) is 19.5 Å². The predicted molar refractivity (Wildman–Crippen MR) is 128 cm³/mol. The minimum atomic E-state index is -3.76. The maximum absolute atomic E-state index is 14.4. The lowest BCUT2D eigenvalue weighted by atomic mass is 10.0. The average Bonchev–Trinajstić information content (AvgIpc) is 3.16. The highest BCUT2D eigenvalue weighted by Crippen LogP contribution is 2.33. The number of aryl methyl sites for hydroxylation is 2. The van der Waals surface area contributed by atoms with Gasteiger partial charge >= 0.3 is 0 Å². The number of aromatic nitrogens is 1. The number of rotatable bonds is 6. The average molecular weight is 500 g/mol. The molecule has 0 radical (unpaired) electrons. The third kappa shape index (κ3) is 4.80. The van der Waals surface area contributed by atoms with E-state index < -0.39 is 21.7 Å². The fourth-order valence-corrected chi connectivity index (χ4v) is 4.59. The molecule has 0 fully saturated rings. The Labute approximate surface area is 200 Å². The molecule has 0 unspecified atom stereocenters. The van der Waals surface area contributed by atoms with Crippen LogP contribution < -0.4 is 10.0 Å². The molecule has 10 heteroatoms. The highest BCUT2D eigenvalue weighted by Gasteiger charge is 2.25. The summed E-state index contributed by atoms with van der Waals surface area (Å²) >= 11 is 6.12. The number of hydrogen-bond donors (Lipinski definition) is 2.